The molecule has 39 heavy (non-hydrogen) atoms. The molecule has 0 saturated carbocycles. The first-order valence-corrected chi connectivity index (χ1v) is 13.5. The number of hydrogen-bond donors (Lipinski definition) is 2. The van der Waals surface area contributed by atoms with Crippen molar-refractivity contribution in [1.82, 2.24) is 20.3 Å². The number of imide groups is 1. The van der Waals surface area contributed by atoms with Gasteiger partial charge in [0.2, 0.25) is 0 Å². The lowest BCUT2D eigenvalue weighted by atomic mass is 10.1. The Kier molecular flexibility index (Phi) is 7.76. The van der Waals surface area contributed by atoms with Gasteiger partial charge in [-0.1, -0.05) is 63.9 Å². The van der Waals surface area contributed by atoms with E-state index in [0.29, 0.717) is 25.1 Å². The SMILES string of the molecule is O=C(NC(=Cc1ccccc1Cl)c1nc2c(Br)cc(Br)cc2c(=O)n1N1C(=O)CNCC1=O)c1ccccc1. The van der Waals surface area contributed by atoms with Gasteiger partial charge in [-0.25, -0.2) is 4.98 Å². The molecule has 3 amide bonds. The van der Waals surface area contributed by atoms with E-state index in [9.17, 15) is 19.2 Å². The Balaban J connectivity index is 1.83. The van der Waals surface area contributed by atoms with Crippen LogP contribution in [0.25, 0.3) is 22.7 Å². The van der Waals surface area contributed by atoms with Gasteiger partial charge in [0.25, 0.3) is 23.3 Å². The third-order valence-corrected chi connectivity index (χ3v) is 7.23. The summed E-state index contributed by atoms with van der Waals surface area (Å²) in [7, 11) is 0. The Morgan fingerprint density at radius 1 is 0.974 bits per heavy atom. The van der Waals surface area contributed by atoms with Crippen LogP contribution in [0.3, 0.4) is 0 Å². The molecule has 12 heteroatoms. The third kappa shape index (κ3) is 5.44. The van der Waals surface area contributed by atoms with Gasteiger partial charge in [-0.2, -0.15) is 9.69 Å². The molecule has 1 aliphatic rings. The second-order valence-electron chi connectivity index (χ2n) is 8.44. The van der Waals surface area contributed by atoms with E-state index in [2.05, 4.69) is 42.5 Å². The molecular formula is C27H18Br2ClN5O4. The summed E-state index contributed by atoms with van der Waals surface area (Å²) in [5.74, 6) is -1.95. The van der Waals surface area contributed by atoms with Crippen molar-refractivity contribution in [2.24, 2.45) is 0 Å². The second-order valence-corrected chi connectivity index (χ2v) is 10.6. The third-order valence-electron chi connectivity index (χ3n) is 5.82. The van der Waals surface area contributed by atoms with Crippen LogP contribution in [0.5, 0.6) is 0 Å². The van der Waals surface area contributed by atoms with Crippen LogP contribution in [-0.4, -0.2) is 40.5 Å². The fourth-order valence-corrected chi connectivity index (χ4v) is 5.55. The summed E-state index contributed by atoms with van der Waals surface area (Å²) in [4.78, 5) is 57.9. The minimum absolute atomic E-state index is 0.0462. The maximum Gasteiger partial charge on any atom is 0.281 e. The highest BCUT2D eigenvalue weighted by Crippen LogP contribution is 2.28. The molecular weight excluding hydrogens is 654 g/mol. The fourth-order valence-electron chi connectivity index (χ4n) is 4.04. The maximum atomic E-state index is 14.0. The van der Waals surface area contributed by atoms with Crippen molar-refractivity contribution in [3.8, 4) is 0 Å². The van der Waals surface area contributed by atoms with Crippen molar-refractivity contribution in [3.05, 3.63) is 108 Å². The van der Waals surface area contributed by atoms with Gasteiger partial charge in [0.1, 0.15) is 0 Å². The molecule has 0 radical (unpaired) electrons. The Morgan fingerprint density at radius 2 is 1.64 bits per heavy atom. The van der Waals surface area contributed by atoms with Gasteiger partial charge in [0.05, 0.1) is 29.7 Å². The highest BCUT2D eigenvalue weighted by molar-refractivity contribution is 9.11. The van der Waals surface area contributed by atoms with E-state index < -0.39 is 23.3 Å². The molecule has 1 aliphatic heterocycles. The van der Waals surface area contributed by atoms with Gasteiger partial charge in [0, 0.05) is 19.5 Å². The number of rotatable bonds is 5. The lowest BCUT2D eigenvalue weighted by molar-refractivity contribution is -0.130. The van der Waals surface area contributed by atoms with Crippen LogP contribution in [0.1, 0.15) is 21.7 Å². The standard InChI is InChI=1S/C27H18Br2ClN5O4/c28-17-11-18-24(19(29)12-17)33-25(35(27(18)39)34-22(36)13-31-14-23(34)37)21(10-16-8-4-5-9-20(16)30)32-26(38)15-6-2-1-3-7-15/h1-12,31H,13-14H2,(H,32,38). The van der Waals surface area contributed by atoms with Crippen molar-refractivity contribution >= 4 is 83.9 Å². The average molecular weight is 672 g/mol. The molecule has 1 fully saturated rings. The summed E-state index contributed by atoms with van der Waals surface area (Å²) >= 11 is 13.3. The summed E-state index contributed by atoms with van der Waals surface area (Å²) in [6, 6.07) is 18.6. The van der Waals surface area contributed by atoms with Crippen LogP contribution in [0, 0.1) is 0 Å². The van der Waals surface area contributed by atoms with Crippen LogP contribution in [0.2, 0.25) is 5.02 Å². The predicted molar refractivity (Wildman–Crippen MR) is 156 cm³/mol. The van der Waals surface area contributed by atoms with Crippen LogP contribution in [-0.2, 0) is 9.59 Å². The number of amides is 3. The number of nitrogens with zero attached hydrogens (tertiary/aromatic N) is 3. The second kappa shape index (κ2) is 11.2. The summed E-state index contributed by atoms with van der Waals surface area (Å²) in [6.45, 7) is -0.338. The molecule has 3 aromatic carbocycles. The highest BCUT2D eigenvalue weighted by Gasteiger charge is 2.32. The predicted octanol–water partition coefficient (Wildman–Crippen LogP) is 4.10. The molecule has 1 saturated heterocycles. The van der Waals surface area contributed by atoms with Crippen molar-refractivity contribution in [2.45, 2.75) is 0 Å². The zero-order valence-corrected chi connectivity index (χ0v) is 23.9. The molecule has 9 nitrogen and oxygen atoms in total. The lowest BCUT2D eigenvalue weighted by Gasteiger charge is -2.29. The monoisotopic (exact) mass is 669 g/mol. The average Bonchev–Trinajstić information content (AvgIpc) is 2.91. The van der Waals surface area contributed by atoms with Crippen molar-refractivity contribution in [1.29, 1.82) is 0 Å². The zero-order valence-electron chi connectivity index (χ0n) is 20.0. The van der Waals surface area contributed by atoms with Gasteiger partial charge in [0.15, 0.2) is 5.82 Å². The van der Waals surface area contributed by atoms with Crippen LogP contribution in [0.15, 0.2) is 80.5 Å². The minimum atomic E-state index is -0.681. The zero-order chi connectivity index (χ0) is 27.7. The Hall–Kier alpha value is -3.64. The molecule has 4 aromatic rings. The molecule has 5 rings (SSSR count). The van der Waals surface area contributed by atoms with E-state index in [1.807, 2.05) is 0 Å². The quantitative estimate of drug-likeness (QED) is 0.309. The number of carbonyl (C=O) groups excluding carboxylic acids is 3. The largest absolute Gasteiger partial charge is 0.319 e. The molecule has 1 aromatic heterocycles. The fraction of sp³-hybridized carbons (Fsp3) is 0.0741. The maximum absolute atomic E-state index is 14.0. The molecule has 2 heterocycles. The van der Waals surface area contributed by atoms with Crippen molar-refractivity contribution in [3.63, 3.8) is 0 Å². The van der Waals surface area contributed by atoms with Crippen LogP contribution < -0.4 is 21.2 Å². The number of carbonyl (C=O) groups is 3. The van der Waals surface area contributed by atoms with Gasteiger partial charge in [-0.15, -0.1) is 0 Å². The number of aromatic nitrogens is 2. The van der Waals surface area contributed by atoms with E-state index in [4.69, 9.17) is 16.6 Å². The number of fused-ring (bicyclic) bond motifs is 1. The number of benzene rings is 3. The number of piperazine rings is 1. The van der Waals surface area contributed by atoms with Gasteiger partial charge >= 0.3 is 0 Å². The summed E-state index contributed by atoms with van der Waals surface area (Å²) < 4.78 is 1.98. The van der Waals surface area contributed by atoms with Crippen molar-refractivity contribution in [2.75, 3.05) is 18.1 Å². The number of hydrogen-bond acceptors (Lipinski definition) is 6. The minimum Gasteiger partial charge on any atom is -0.319 e. The first-order chi connectivity index (χ1) is 18.7. The molecule has 0 aliphatic carbocycles. The Bertz CT molecular complexity index is 1720. The van der Waals surface area contributed by atoms with E-state index in [1.165, 1.54) is 6.08 Å². The Morgan fingerprint density at radius 3 is 2.33 bits per heavy atom. The van der Waals surface area contributed by atoms with Crippen molar-refractivity contribution < 1.29 is 14.4 Å². The van der Waals surface area contributed by atoms with E-state index in [1.54, 1.807) is 66.7 Å². The summed E-state index contributed by atoms with van der Waals surface area (Å²) in [6.07, 6.45) is 1.54. The number of halogens is 3. The highest BCUT2D eigenvalue weighted by atomic mass is 79.9. The van der Waals surface area contributed by atoms with Gasteiger partial charge in [-0.05, 0) is 57.9 Å². The topological polar surface area (TPSA) is 113 Å². The first kappa shape index (κ1) is 26.9. The molecule has 0 bridgehead atoms. The summed E-state index contributed by atoms with van der Waals surface area (Å²) in [5.41, 5.74) is 0.487. The molecule has 196 valence electrons. The van der Waals surface area contributed by atoms with E-state index in [0.717, 1.165) is 9.69 Å². The van der Waals surface area contributed by atoms with E-state index >= 15 is 0 Å². The van der Waals surface area contributed by atoms with Crippen LogP contribution >= 0.6 is 43.5 Å². The molecule has 0 atom stereocenters. The lowest BCUT2D eigenvalue weighted by Crippen LogP contribution is -2.60. The van der Waals surface area contributed by atoms with Gasteiger partial charge in [-0.3, -0.25) is 24.5 Å². The molecule has 2 N–H and O–H groups in total. The smallest absolute Gasteiger partial charge is 0.281 e. The molecule has 0 spiro atoms. The first-order valence-electron chi connectivity index (χ1n) is 11.6. The van der Waals surface area contributed by atoms with Gasteiger partial charge < -0.3 is 5.32 Å². The van der Waals surface area contributed by atoms with E-state index in [-0.39, 0.29) is 35.5 Å². The normalized spacial score (nSPS) is 14.1. The molecule has 0 unspecified atom stereocenters. The number of nitrogens with one attached hydrogen (secondary N) is 2. The summed E-state index contributed by atoms with van der Waals surface area (Å²) in [5, 5.41) is 6.80. The van der Waals surface area contributed by atoms with Crippen LogP contribution in [0.4, 0.5) is 0 Å². The Labute approximate surface area is 243 Å².